The zero-order chi connectivity index (χ0) is 15.8. The first kappa shape index (κ1) is 14.4. The van der Waals surface area contributed by atoms with Crippen molar-refractivity contribution in [3.63, 3.8) is 0 Å². The molecule has 4 rings (SSSR count). The van der Waals surface area contributed by atoms with Crippen molar-refractivity contribution in [2.45, 2.75) is 25.8 Å². The van der Waals surface area contributed by atoms with E-state index in [1.165, 1.54) is 12.8 Å². The summed E-state index contributed by atoms with van der Waals surface area (Å²) in [5.41, 5.74) is 1.09. The van der Waals surface area contributed by atoms with Crippen LogP contribution in [0.15, 0.2) is 36.5 Å². The Morgan fingerprint density at radius 1 is 1.13 bits per heavy atom. The molecule has 1 saturated carbocycles. The van der Waals surface area contributed by atoms with Gasteiger partial charge in [-0.25, -0.2) is 4.98 Å². The van der Waals surface area contributed by atoms with Crippen LogP contribution in [0.1, 0.15) is 18.5 Å². The maximum Gasteiger partial charge on any atom is 0.151 e. The number of aromatic nitrogens is 3. The monoisotopic (exact) mass is 309 g/mol. The van der Waals surface area contributed by atoms with Crippen LogP contribution in [-0.2, 0) is 0 Å². The van der Waals surface area contributed by atoms with Crippen LogP contribution in [0.5, 0.6) is 0 Å². The lowest BCUT2D eigenvalue weighted by atomic mass is 9.97. The number of nitrogens with zero attached hydrogens (tertiary/aromatic N) is 5. The van der Waals surface area contributed by atoms with Crippen molar-refractivity contribution in [2.24, 2.45) is 11.8 Å². The Balaban J connectivity index is 1.51. The van der Waals surface area contributed by atoms with Crippen molar-refractivity contribution in [1.82, 2.24) is 15.2 Å². The Hall–Kier alpha value is -2.17. The van der Waals surface area contributed by atoms with Gasteiger partial charge in [-0.05, 0) is 49.9 Å². The SMILES string of the molecule is Cc1cccc(N2C[C@H]3CC[C@@H](N(C)c4cccnn4)[C@H]3C2)n1. The van der Waals surface area contributed by atoms with Gasteiger partial charge in [-0.3, -0.25) is 0 Å². The summed E-state index contributed by atoms with van der Waals surface area (Å²) < 4.78 is 0. The zero-order valence-electron chi connectivity index (χ0n) is 13.8. The van der Waals surface area contributed by atoms with Gasteiger partial charge >= 0.3 is 0 Å². The van der Waals surface area contributed by atoms with Crippen LogP contribution in [-0.4, -0.2) is 41.4 Å². The van der Waals surface area contributed by atoms with E-state index in [9.17, 15) is 0 Å². The summed E-state index contributed by atoms with van der Waals surface area (Å²) in [5, 5.41) is 8.30. The second-order valence-corrected chi connectivity index (χ2v) is 6.80. The molecule has 1 aliphatic heterocycles. The Kier molecular flexibility index (Phi) is 3.63. The summed E-state index contributed by atoms with van der Waals surface area (Å²) in [6, 6.07) is 10.9. The quantitative estimate of drug-likeness (QED) is 0.872. The first-order valence-corrected chi connectivity index (χ1v) is 8.41. The predicted molar refractivity (Wildman–Crippen MR) is 91.6 cm³/mol. The normalized spacial score (nSPS) is 26.3. The molecule has 1 aliphatic carbocycles. The van der Waals surface area contributed by atoms with Gasteiger partial charge in [0.25, 0.3) is 0 Å². The van der Waals surface area contributed by atoms with Gasteiger partial charge < -0.3 is 9.80 Å². The highest BCUT2D eigenvalue weighted by Crippen LogP contribution is 2.42. The third kappa shape index (κ3) is 2.64. The van der Waals surface area contributed by atoms with Crippen molar-refractivity contribution < 1.29 is 0 Å². The van der Waals surface area contributed by atoms with Crippen LogP contribution in [0, 0.1) is 18.8 Å². The van der Waals surface area contributed by atoms with E-state index in [2.05, 4.69) is 58.2 Å². The largest absolute Gasteiger partial charge is 0.356 e. The fraction of sp³-hybridized carbons (Fsp3) is 0.500. The van der Waals surface area contributed by atoms with Crippen LogP contribution in [0.25, 0.3) is 0 Å². The minimum absolute atomic E-state index is 0.548. The number of fused-ring (bicyclic) bond motifs is 1. The fourth-order valence-corrected chi connectivity index (χ4v) is 4.26. The topological polar surface area (TPSA) is 45.2 Å². The molecule has 0 amide bonds. The van der Waals surface area contributed by atoms with Gasteiger partial charge in [0.1, 0.15) is 5.82 Å². The molecular formula is C18H23N5. The minimum Gasteiger partial charge on any atom is -0.356 e. The summed E-state index contributed by atoms with van der Waals surface area (Å²) in [5.74, 6) is 3.55. The van der Waals surface area contributed by atoms with Crippen LogP contribution in [0.3, 0.4) is 0 Å². The van der Waals surface area contributed by atoms with E-state index >= 15 is 0 Å². The van der Waals surface area contributed by atoms with Crippen molar-refractivity contribution in [2.75, 3.05) is 29.9 Å². The molecule has 3 heterocycles. The lowest BCUT2D eigenvalue weighted by molar-refractivity contribution is 0.440. The molecule has 0 N–H and O–H groups in total. The summed E-state index contributed by atoms with van der Waals surface area (Å²) in [6.07, 6.45) is 4.27. The smallest absolute Gasteiger partial charge is 0.151 e. The molecule has 0 bridgehead atoms. The molecule has 120 valence electrons. The van der Waals surface area contributed by atoms with E-state index in [0.29, 0.717) is 12.0 Å². The third-order valence-electron chi connectivity index (χ3n) is 5.43. The van der Waals surface area contributed by atoms with Crippen molar-refractivity contribution in [3.8, 4) is 0 Å². The third-order valence-corrected chi connectivity index (χ3v) is 5.43. The maximum atomic E-state index is 4.70. The molecule has 5 heteroatoms. The number of hydrogen-bond donors (Lipinski definition) is 0. The summed E-state index contributed by atoms with van der Waals surface area (Å²) in [4.78, 5) is 9.48. The highest BCUT2D eigenvalue weighted by Gasteiger charge is 2.44. The molecule has 0 radical (unpaired) electrons. The summed E-state index contributed by atoms with van der Waals surface area (Å²) in [7, 11) is 2.16. The first-order chi connectivity index (χ1) is 11.2. The van der Waals surface area contributed by atoms with Crippen LogP contribution >= 0.6 is 0 Å². The van der Waals surface area contributed by atoms with Gasteiger partial charge in [0.2, 0.25) is 0 Å². The van der Waals surface area contributed by atoms with Crippen molar-refractivity contribution in [3.05, 3.63) is 42.2 Å². The maximum absolute atomic E-state index is 4.70. The Morgan fingerprint density at radius 3 is 2.83 bits per heavy atom. The van der Waals surface area contributed by atoms with Crippen molar-refractivity contribution in [1.29, 1.82) is 0 Å². The second-order valence-electron chi connectivity index (χ2n) is 6.80. The molecule has 0 aromatic carbocycles. The van der Waals surface area contributed by atoms with Gasteiger partial charge in [0, 0.05) is 44.0 Å². The summed E-state index contributed by atoms with van der Waals surface area (Å²) in [6.45, 7) is 4.29. The van der Waals surface area contributed by atoms with Gasteiger partial charge in [-0.2, -0.15) is 5.10 Å². The van der Waals surface area contributed by atoms with E-state index in [1.54, 1.807) is 6.20 Å². The Bertz CT molecular complexity index is 674. The predicted octanol–water partition coefficient (Wildman–Crippen LogP) is 2.53. The van der Waals surface area contributed by atoms with E-state index in [4.69, 9.17) is 4.98 Å². The van der Waals surface area contributed by atoms with Crippen LogP contribution < -0.4 is 9.80 Å². The van der Waals surface area contributed by atoms with E-state index < -0.39 is 0 Å². The lowest BCUT2D eigenvalue weighted by Gasteiger charge is -2.30. The summed E-state index contributed by atoms with van der Waals surface area (Å²) >= 11 is 0. The van der Waals surface area contributed by atoms with E-state index in [1.807, 2.05) is 6.07 Å². The van der Waals surface area contributed by atoms with Gasteiger partial charge in [0.05, 0.1) is 0 Å². The molecule has 0 spiro atoms. The number of anilines is 2. The first-order valence-electron chi connectivity index (χ1n) is 8.41. The number of aryl methyl sites for hydroxylation is 1. The number of pyridine rings is 1. The molecule has 1 saturated heterocycles. The molecule has 2 aromatic heterocycles. The highest BCUT2D eigenvalue weighted by molar-refractivity contribution is 5.43. The van der Waals surface area contributed by atoms with Crippen molar-refractivity contribution >= 4 is 11.6 Å². The standard InChI is InChI=1S/C18H23N5/c1-13-5-3-6-17(20-13)23-11-14-8-9-16(15(14)12-23)22(2)18-7-4-10-19-21-18/h3-7,10,14-16H,8-9,11-12H2,1-2H3/t14-,15+,16-/m1/s1. The zero-order valence-corrected chi connectivity index (χ0v) is 13.8. The average Bonchev–Trinajstić information content (AvgIpc) is 3.15. The van der Waals surface area contributed by atoms with Gasteiger partial charge in [0.15, 0.2) is 5.82 Å². The molecular weight excluding hydrogens is 286 g/mol. The molecule has 2 aromatic rings. The molecule has 2 aliphatic rings. The Morgan fingerprint density at radius 2 is 2.04 bits per heavy atom. The van der Waals surface area contributed by atoms with Gasteiger partial charge in [-0.15, -0.1) is 5.10 Å². The van der Waals surface area contributed by atoms with Crippen LogP contribution in [0.4, 0.5) is 11.6 Å². The van der Waals surface area contributed by atoms with Gasteiger partial charge in [-0.1, -0.05) is 6.07 Å². The average molecular weight is 309 g/mol. The molecule has 2 fully saturated rings. The molecule has 23 heavy (non-hydrogen) atoms. The van der Waals surface area contributed by atoms with Crippen LogP contribution in [0.2, 0.25) is 0 Å². The number of rotatable bonds is 3. The number of hydrogen-bond acceptors (Lipinski definition) is 5. The van der Waals surface area contributed by atoms with E-state index in [0.717, 1.165) is 36.3 Å². The molecule has 5 nitrogen and oxygen atoms in total. The lowest BCUT2D eigenvalue weighted by Crippen LogP contribution is -2.38. The molecule has 3 atom stereocenters. The highest BCUT2D eigenvalue weighted by atomic mass is 15.3. The molecule has 0 unspecified atom stereocenters. The second kappa shape index (κ2) is 5.80. The Labute approximate surface area is 137 Å². The van der Waals surface area contributed by atoms with E-state index in [-0.39, 0.29) is 0 Å². The fourth-order valence-electron chi connectivity index (χ4n) is 4.26. The minimum atomic E-state index is 0.548.